The van der Waals surface area contributed by atoms with Crippen LogP contribution in [0.4, 0.5) is 17.1 Å². The van der Waals surface area contributed by atoms with E-state index < -0.39 is 0 Å². The summed E-state index contributed by atoms with van der Waals surface area (Å²) in [5.41, 5.74) is 8.64. The van der Waals surface area contributed by atoms with E-state index in [1.807, 2.05) is 17.4 Å². The van der Waals surface area contributed by atoms with Crippen LogP contribution in [0.25, 0.3) is 70.0 Å². The first-order chi connectivity index (χ1) is 24.3. The van der Waals surface area contributed by atoms with Crippen molar-refractivity contribution in [1.82, 2.24) is 14.5 Å². The van der Waals surface area contributed by atoms with Gasteiger partial charge in [0.1, 0.15) is 5.82 Å². The number of hydrogen-bond acceptors (Lipinski definition) is 4. The van der Waals surface area contributed by atoms with Gasteiger partial charge in [0.15, 0.2) is 5.65 Å². The van der Waals surface area contributed by atoms with Crippen LogP contribution in [-0.2, 0) is 0 Å². The van der Waals surface area contributed by atoms with Crippen LogP contribution in [0.1, 0.15) is 0 Å². The second kappa shape index (κ2) is 11.2. The Bertz CT molecular complexity index is 2830. The topological polar surface area (TPSA) is 34.0 Å². The standard InChI is InChI=1S/C44H28N4S/c1-2-11-31(12-3-1)47(33-24-25-41-38(28-33)36-14-5-7-18-40(36)49-41)32-22-19-29(20-23-32)34-15-8-16-37-35-13-4-6-17-39(35)48(43(34)37)42-26-21-30-10-9-27-45-44(30)46-42/h1-28H. The predicted molar refractivity (Wildman–Crippen MR) is 207 cm³/mol. The Kier molecular flexibility index (Phi) is 6.32. The fraction of sp³-hybridized carbons (Fsp3) is 0. The summed E-state index contributed by atoms with van der Waals surface area (Å²) in [4.78, 5) is 12.0. The minimum Gasteiger partial charge on any atom is -0.310 e. The van der Waals surface area contributed by atoms with Crippen molar-refractivity contribution < 1.29 is 0 Å². The van der Waals surface area contributed by atoms with Crippen LogP contribution in [0.2, 0.25) is 0 Å². The Labute approximate surface area is 286 Å². The lowest BCUT2D eigenvalue weighted by molar-refractivity contribution is 1.09. The fourth-order valence-electron chi connectivity index (χ4n) is 7.22. The van der Waals surface area contributed by atoms with Crippen molar-refractivity contribution in [2.24, 2.45) is 0 Å². The zero-order chi connectivity index (χ0) is 32.3. The highest BCUT2D eigenvalue weighted by atomic mass is 32.1. The molecule has 6 aromatic carbocycles. The van der Waals surface area contributed by atoms with E-state index in [9.17, 15) is 0 Å². The van der Waals surface area contributed by atoms with Gasteiger partial charge >= 0.3 is 0 Å². The third-order valence-corrected chi connectivity index (χ3v) is 10.6. The zero-order valence-electron chi connectivity index (χ0n) is 26.4. The molecular weight excluding hydrogens is 617 g/mol. The molecule has 0 aliphatic rings. The van der Waals surface area contributed by atoms with Crippen LogP contribution < -0.4 is 4.90 Å². The Morgan fingerprint density at radius 1 is 0.510 bits per heavy atom. The molecule has 0 spiro atoms. The lowest BCUT2D eigenvalue weighted by Gasteiger charge is -2.26. The maximum atomic E-state index is 5.04. The predicted octanol–water partition coefficient (Wildman–Crippen LogP) is 12.2. The summed E-state index contributed by atoms with van der Waals surface area (Å²) in [6, 6.07) is 58.5. The van der Waals surface area contributed by atoms with E-state index >= 15 is 0 Å². The van der Waals surface area contributed by atoms with Crippen LogP contribution in [0.15, 0.2) is 170 Å². The van der Waals surface area contributed by atoms with Gasteiger partial charge in [0.05, 0.1) is 11.0 Å². The van der Waals surface area contributed by atoms with E-state index in [1.54, 1.807) is 6.20 Å². The van der Waals surface area contributed by atoms with Gasteiger partial charge in [-0.15, -0.1) is 11.3 Å². The highest BCUT2D eigenvalue weighted by Crippen LogP contribution is 2.42. The van der Waals surface area contributed by atoms with Crippen molar-refractivity contribution in [1.29, 1.82) is 0 Å². The second-order valence-electron chi connectivity index (χ2n) is 12.3. The number of benzene rings is 6. The van der Waals surface area contributed by atoms with Crippen LogP contribution in [-0.4, -0.2) is 14.5 Å². The van der Waals surface area contributed by atoms with Gasteiger partial charge in [0.25, 0.3) is 0 Å². The molecule has 0 fully saturated rings. The van der Waals surface area contributed by atoms with Gasteiger partial charge in [0, 0.05) is 65.2 Å². The molecule has 4 aromatic heterocycles. The van der Waals surface area contributed by atoms with Crippen molar-refractivity contribution >= 4 is 81.4 Å². The summed E-state index contributed by atoms with van der Waals surface area (Å²) in [6.45, 7) is 0. The minimum atomic E-state index is 0.738. The molecule has 0 amide bonds. The van der Waals surface area contributed by atoms with Gasteiger partial charge < -0.3 is 4.90 Å². The van der Waals surface area contributed by atoms with E-state index in [-0.39, 0.29) is 0 Å². The molecular formula is C44H28N4S. The van der Waals surface area contributed by atoms with Gasteiger partial charge in [-0.3, -0.25) is 4.57 Å². The first-order valence-electron chi connectivity index (χ1n) is 16.4. The van der Waals surface area contributed by atoms with E-state index in [0.717, 1.165) is 56.1 Å². The number of para-hydroxylation sites is 3. The van der Waals surface area contributed by atoms with Crippen molar-refractivity contribution in [2.45, 2.75) is 0 Å². The van der Waals surface area contributed by atoms with Crippen molar-refractivity contribution in [3.8, 4) is 16.9 Å². The normalized spacial score (nSPS) is 11.7. The van der Waals surface area contributed by atoms with Crippen molar-refractivity contribution in [2.75, 3.05) is 4.90 Å². The summed E-state index contributed by atoms with van der Waals surface area (Å²) in [6.07, 6.45) is 1.80. The first kappa shape index (κ1) is 27.8. The molecule has 10 aromatic rings. The Morgan fingerprint density at radius 3 is 2.14 bits per heavy atom. The molecule has 4 heterocycles. The molecule has 0 bridgehead atoms. The highest BCUT2D eigenvalue weighted by molar-refractivity contribution is 7.25. The molecule has 0 aliphatic heterocycles. The number of thiophene rings is 1. The molecule has 0 atom stereocenters. The Balaban J connectivity index is 1.14. The molecule has 230 valence electrons. The number of fused-ring (bicyclic) bond motifs is 7. The van der Waals surface area contributed by atoms with Crippen LogP contribution in [0, 0.1) is 0 Å². The van der Waals surface area contributed by atoms with Crippen LogP contribution >= 0.6 is 11.3 Å². The van der Waals surface area contributed by atoms with Gasteiger partial charge in [-0.05, 0) is 84.4 Å². The lowest BCUT2D eigenvalue weighted by Crippen LogP contribution is -2.09. The number of hydrogen-bond donors (Lipinski definition) is 0. The first-order valence-corrected chi connectivity index (χ1v) is 17.2. The number of rotatable bonds is 5. The molecule has 0 aliphatic carbocycles. The van der Waals surface area contributed by atoms with Gasteiger partial charge in [-0.25, -0.2) is 9.97 Å². The second-order valence-corrected chi connectivity index (χ2v) is 13.4. The van der Waals surface area contributed by atoms with Gasteiger partial charge in [-0.1, -0.05) is 84.9 Å². The molecule has 10 rings (SSSR count). The minimum absolute atomic E-state index is 0.738. The van der Waals surface area contributed by atoms with E-state index in [0.29, 0.717) is 0 Å². The average Bonchev–Trinajstić information content (AvgIpc) is 3.71. The summed E-state index contributed by atoms with van der Waals surface area (Å²) in [5.74, 6) is 0.855. The quantitative estimate of drug-likeness (QED) is 0.187. The van der Waals surface area contributed by atoms with Crippen molar-refractivity contribution in [3.63, 3.8) is 0 Å². The van der Waals surface area contributed by atoms with Crippen LogP contribution in [0.5, 0.6) is 0 Å². The maximum absolute atomic E-state index is 5.04. The van der Waals surface area contributed by atoms with E-state index in [2.05, 4.69) is 172 Å². The van der Waals surface area contributed by atoms with E-state index in [1.165, 1.54) is 30.9 Å². The number of pyridine rings is 2. The number of aromatic nitrogens is 3. The van der Waals surface area contributed by atoms with Gasteiger partial charge in [-0.2, -0.15) is 0 Å². The molecule has 4 nitrogen and oxygen atoms in total. The SMILES string of the molecule is c1ccc(N(c2ccc(-c3cccc4c5ccccc5n(-c5ccc6cccnc6n5)c34)cc2)c2ccc3sc4ccccc4c3c2)cc1. The lowest BCUT2D eigenvalue weighted by atomic mass is 10.0. The highest BCUT2D eigenvalue weighted by Gasteiger charge is 2.19. The maximum Gasteiger partial charge on any atom is 0.161 e. The number of anilines is 3. The molecule has 5 heteroatoms. The summed E-state index contributed by atoms with van der Waals surface area (Å²) < 4.78 is 4.90. The van der Waals surface area contributed by atoms with Crippen molar-refractivity contribution in [3.05, 3.63) is 170 Å². The molecule has 0 N–H and O–H groups in total. The molecule has 0 radical (unpaired) electrons. The van der Waals surface area contributed by atoms with Gasteiger partial charge in [0.2, 0.25) is 0 Å². The summed E-state index contributed by atoms with van der Waals surface area (Å²) >= 11 is 1.85. The average molecular weight is 645 g/mol. The Hall–Kier alpha value is -6.30. The molecule has 49 heavy (non-hydrogen) atoms. The van der Waals surface area contributed by atoms with Crippen LogP contribution in [0.3, 0.4) is 0 Å². The smallest absolute Gasteiger partial charge is 0.161 e. The summed E-state index contributed by atoms with van der Waals surface area (Å²) in [5, 5.41) is 6.01. The molecule has 0 unspecified atom stereocenters. The third kappa shape index (κ3) is 4.51. The number of nitrogens with zero attached hydrogens (tertiary/aromatic N) is 4. The largest absolute Gasteiger partial charge is 0.310 e. The molecule has 0 saturated carbocycles. The fourth-order valence-corrected chi connectivity index (χ4v) is 8.31. The molecule has 0 saturated heterocycles. The summed E-state index contributed by atoms with van der Waals surface area (Å²) in [7, 11) is 0. The third-order valence-electron chi connectivity index (χ3n) is 9.44. The Morgan fingerprint density at radius 2 is 1.24 bits per heavy atom. The zero-order valence-corrected chi connectivity index (χ0v) is 27.2. The monoisotopic (exact) mass is 644 g/mol. The van der Waals surface area contributed by atoms with E-state index in [4.69, 9.17) is 4.98 Å².